The summed E-state index contributed by atoms with van der Waals surface area (Å²) in [6, 6.07) is 7.98. The Hall–Kier alpha value is -1.62. The van der Waals surface area contributed by atoms with Gasteiger partial charge in [0, 0.05) is 23.5 Å². The molecule has 19 heavy (non-hydrogen) atoms. The summed E-state index contributed by atoms with van der Waals surface area (Å²) >= 11 is 3.53. The molecule has 0 saturated carbocycles. The zero-order valence-electron chi connectivity index (χ0n) is 11.3. The molecule has 0 aliphatic carbocycles. The predicted molar refractivity (Wildman–Crippen MR) is 83.1 cm³/mol. The normalized spacial score (nSPS) is 10.3. The minimum absolute atomic E-state index is 0.805. The van der Waals surface area contributed by atoms with E-state index in [1.165, 1.54) is 0 Å². The molecule has 0 aliphatic heterocycles. The Morgan fingerprint density at radius 2 is 1.84 bits per heavy atom. The van der Waals surface area contributed by atoms with Gasteiger partial charge in [0.15, 0.2) is 0 Å². The molecule has 4 nitrogen and oxygen atoms in total. The monoisotopic (exact) mass is 320 g/mol. The number of hydrogen-bond donors (Lipinski definition) is 2. The van der Waals surface area contributed by atoms with Gasteiger partial charge in [-0.1, -0.05) is 19.1 Å². The second-order valence-electron chi connectivity index (χ2n) is 4.17. The molecule has 2 rings (SSSR count). The molecule has 0 fully saturated rings. The lowest BCUT2D eigenvalue weighted by Crippen LogP contribution is -2.07. The van der Waals surface area contributed by atoms with Gasteiger partial charge in [-0.15, -0.1) is 0 Å². The van der Waals surface area contributed by atoms with Crippen LogP contribution < -0.4 is 10.6 Å². The SMILES string of the molecule is CCc1nc(NC)c(C)c(Nc2ccccc2Br)n1. The average Bonchev–Trinajstić information content (AvgIpc) is 2.43. The van der Waals surface area contributed by atoms with Crippen molar-refractivity contribution in [2.24, 2.45) is 0 Å². The van der Waals surface area contributed by atoms with Crippen LogP contribution in [0.1, 0.15) is 18.3 Å². The van der Waals surface area contributed by atoms with Gasteiger partial charge in [0.2, 0.25) is 0 Å². The number of anilines is 3. The molecule has 1 heterocycles. The van der Waals surface area contributed by atoms with E-state index in [1.807, 2.05) is 45.2 Å². The standard InChI is InChI=1S/C14H17BrN4/c1-4-12-18-13(16-3)9(2)14(19-12)17-11-8-6-5-7-10(11)15/h5-8H,4H2,1-3H3,(H2,16,17,18,19). The molecular formula is C14H17BrN4. The van der Waals surface area contributed by atoms with Gasteiger partial charge in [-0.3, -0.25) is 0 Å². The van der Waals surface area contributed by atoms with Crippen LogP contribution in [-0.4, -0.2) is 17.0 Å². The fraction of sp³-hybridized carbons (Fsp3) is 0.286. The van der Waals surface area contributed by atoms with Crippen molar-refractivity contribution in [2.75, 3.05) is 17.7 Å². The van der Waals surface area contributed by atoms with Crippen molar-refractivity contribution in [3.8, 4) is 0 Å². The molecule has 100 valence electrons. The molecule has 0 atom stereocenters. The lowest BCUT2D eigenvalue weighted by atomic mass is 10.2. The third-order valence-corrected chi connectivity index (χ3v) is 3.56. The van der Waals surface area contributed by atoms with Crippen molar-refractivity contribution >= 4 is 33.3 Å². The van der Waals surface area contributed by atoms with Crippen LogP contribution in [0.4, 0.5) is 17.3 Å². The Labute approximate surface area is 121 Å². The molecule has 0 bridgehead atoms. The second-order valence-corrected chi connectivity index (χ2v) is 5.02. The van der Waals surface area contributed by atoms with Gasteiger partial charge in [-0.25, -0.2) is 9.97 Å². The van der Waals surface area contributed by atoms with Gasteiger partial charge >= 0.3 is 0 Å². The summed E-state index contributed by atoms with van der Waals surface area (Å²) in [5.41, 5.74) is 2.00. The first kappa shape index (κ1) is 13.8. The van der Waals surface area contributed by atoms with Crippen LogP contribution in [0, 0.1) is 6.92 Å². The summed E-state index contributed by atoms with van der Waals surface area (Å²) < 4.78 is 1.01. The Morgan fingerprint density at radius 3 is 2.47 bits per heavy atom. The highest BCUT2D eigenvalue weighted by atomic mass is 79.9. The van der Waals surface area contributed by atoms with Crippen LogP contribution in [0.25, 0.3) is 0 Å². The summed E-state index contributed by atoms with van der Waals surface area (Å²) in [4.78, 5) is 9.01. The number of hydrogen-bond acceptors (Lipinski definition) is 4. The van der Waals surface area contributed by atoms with E-state index in [9.17, 15) is 0 Å². The molecule has 2 aromatic rings. The van der Waals surface area contributed by atoms with Crippen LogP contribution in [0.5, 0.6) is 0 Å². The van der Waals surface area contributed by atoms with E-state index < -0.39 is 0 Å². The van der Waals surface area contributed by atoms with Crippen LogP contribution in [0.15, 0.2) is 28.7 Å². The molecule has 0 aliphatic rings. The van der Waals surface area contributed by atoms with Crippen LogP contribution in [-0.2, 0) is 6.42 Å². The third-order valence-electron chi connectivity index (χ3n) is 2.87. The van der Waals surface area contributed by atoms with Crippen molar-refractivity contribution in [1.29, 1.82) is 0 Å². The minimum atomic E-state index is 0.805. The molecule has 2 N–H and O–H groups in total. The molecule has 0 amide bonds. The van der Waals surface area contributed by atoms with E-state index in [1.54, 1.807) is 0 Å². The minimum Gasteiger partial charge on any atom is -0.373 e. The maximum absolute atomic E-state index is 4.55. The van der Waals surface area contributed by atoms with E-state index in [0.717, 1.165) is 39.6 Å². The first-order valence-corrected chi connectivity index (χ1v) is 7.01. The smallest absolute Gasteiger partial charge is 0.139 e. The van der Waals surface area contributed by atoms with Crippen LogP contribution >= 0.6 is 15.9 Å². The zero-order valence-corrected chi connectivity index (χ0v) is 12.9. The number of aromatic nitrogens is 2. The highest BCUT2D eigenvalue weighted by Gasteiger charge is 2.10. The maximum atomic E-state index is 4.55. The van der Waals surface area contributed by atoms with Crippen molar-refractivity contribution < 1.29 is 0 Å². The van der Waals surface area contributed by atoms with Gasteiger partial charge in [-0.05, 0) is 35.0 Å². The van der Waals surface area contributed by atoms with Gasteiger partial charge < -0.3 is 10.6 Å². The average molecular weight is 321 g/mol. The molecule has 0 saturated heterocycles. The Kier molecular flexibility index (Phi) is 4.37. The predicted octanol–water partition coefficient (Wildman–Crippen LogP) is 3.90. The Bertz CT molecular complexity index is 584. The molecule has 0 spiro atoms. The molecule has 1 aromatic heterocycles. The number of nitrogens with one attached hydrogen (secondary N) is 2. The Morgan fingerprint density at radius 1 is 1.16 bits per heavy atom. The summed E-state index contributed by atoms with van der Waals surface area (Å²) in [5, 5.41) is 6.46. The van der Waals surface area contributed by atoms with Gasteiger partial charge in [0.1, 0.15) is 17.5 Å². The highest BCUT2D eigenvalue weighted by molar-refractivity contribution is 9.10. The molecular weight excluding hydrogens is 304 g/mol. The summed E-state index contributed by atoms with van der Waals surface area (Å²) in [6.45, 7) is 4.05. The highest BCUT2D eigenvalue weighted by Crippen LogP contribution is 2.28. The van der Waals surface area contributed by atoms with E-state index >= 15 is 0 Å². The summed E-state index contributed by atoms with van der Waals surface area (Å²) in [7, 11) is 1.87. The second kappa shape index (κ2) is 6.02. The van der Waals surface area contributed by atoms with E-state index in [0.29, 0.717) is 0 Å². The maximum Gasteiger partial charge on any atom is 0.139 e. The largest absolute Gasteiger partial charge is 0.373 e. The lowest BCUT2D eigenvalue weighted by Gasteiger charge is -2.14. The van der Waals surface area contributed by atoms with Gasteiger partial charge in [-0.2, -0.15) is 0 Å². The Balaban J connectivity index is 2.42. The van der Waals surface area contributed by atoms with Crippen molar-refractivity contribution in [1.82, 2.24) is 9.97 Å². The molecule has 0 unspecified atom stereocenters. The summed E-state index contributed by atoms with van der Waals surface area (Å²) in [5.74, 6) is 2.52. The fourth-order valence-corrected chi connectivity index (χ4v) is 2.16. The van der Waals surface area contributed by atoms with Crippen molar-refractivity contribution in [3.05, 3.63) is 40.1 Å². The number of halogens is 1. The summed E-state index contributed by atoms with van der Waals surface area (Å²) in [6.07, 6.45) is 0.805. The van der Waals surface area contributed by atoms with E-state index in [-0.39, 0.29) is 0 Å². The molecule has 5 heteroatoms. The quantitative estimate of drug-likeness (QED) is 0.897. The molecule has 1 aromatic carbocycles. The number of aryl methyl sites for hydroxylation is 1. The fourth-order valence-electron chi connectivity index (χ4n) is 1.78. The third kappa shape index (κ3) is 3.04. The number of rotatable bonds is 4. The van der Waals surface area contributed by atoms with Crippen molar-refractivity contribution in [2.45, 2.75) is 20.3 Å². The first-order chi connectivity index (χ1) is 9.15. The van der Waals surface area contributed by atoms with Crippen molar-refractivity contribution in [3.63, 3.8) is 0 Å². The lowest BCUT2D eigenvalue weighted by molar-refractivity contribution is 0.935. The number of benzene rings is 1. The van der Waals surface area contributed by atoms with Gasteiger partial charge in [0.25, 0.3) is 0 Å². The topological polar surface area (TPSA) is 49.8 Å². The van der Waals surface area contributed by atoms with Crippen LogP contribution in [0.3, 0.4) is 0 Å². The first-order valence-electron chi connectivity index (χ1n) is 6.22. The zero-order chi connectivity index (χ0) is 13.8. The van der Waals surface area contributed by atoms with E-state index in [4.69, 9.17) is 0 Å². The number of para-hydroxylation sites is 1. The van der Waals surface area contributed by atoms with Gasteiger partial charge in [0.05, 0.1) is 5.69 Å². The molecule has 0 radical (unpaired) electrons. The van der Waals surface area contributed by atoms with Crippen LogP contribution in [0.2, 0.25) is 0 Å². The van der Waals surface area contributed by atoms with E-state index in [2.05, 4.69) is 36.5 Å². The number of nitrogens with zero attached hydrogens (tertiary/aromatic N) is 2.